The molecule has 0 aromatic rings. The van der Waals surface area contributed by atoms with Crippen LogP contribution in [0.25, 0.3) is 0 Å². The molecule has 0 aliphatic carbocycles. The Morgan fingerprint density at radius 3 is 1.94 bits per heavy atom. The molecule has 0 N–H and O–H groups in total. The van der Waals surface area contributed by atoms with Gasteiger partial charge in [0.2, 0.25) is 6.10 Å². The van der Waals surface area contributed by atoms with Crippen LogP contribution in [-0.2, 0) is 9.47 Å². The lowest BCUT2D eigenvalue weighted by molar-refractivity contribution is -0.322. The number of rotatable bonds is 4. The molecule has 1 saturated heterocycles. The van der Waals surface area contributed by atoms with Gasteiger partial charge in [0.05, 0.1) is 19.8 Å². The largest absolute Gasteiger partial charge is 0.423 e. The number of ether oxygens (including phenoxy) is 2. The molecule has 9 heteroatoms. The molecule has 1 fully saturated rings. The second kappa shape index (κ2) is 6.07. The molecule has 18 heavy (non-hydrogen) atoms. The SMILES string of the molecule is FC(F)(F)C(OCCN1CCOCC1)C(F)(F)F. The van der Waals surface area contributed by atoms with E-state index in [9.17, 15) is 26.3 Å². The van der Waals surface area contributed by atoms with Crippen LogP contribution in [0.5, 0.6) is 0 Å². The van der Waals surface area contributed by atoms with Crippen LogP contribution >= 0.6 is 0 Å². The summed E-state index contributed by atoms with van der Waals surface area (Å²) < 4.78 is 81.6. The van der Waals surface area contributed by atoms with Crippen molar-refractivity contribution in [3.63, 3.8) is 0 Å². The van der Waals surface area contributed by atoms with Crippen LogP contribution in [0, 0.1) is 0 Å². The van der Waals surface area contributed by atoms with Gasteiger partial charge < -0.3 is 9.47 Å². The second-order valence-electron chi connectivity index (χ2n) is 3.79. The molecule has 0 radical (unpaired) electrons. The molecule has 0 atom stereocenters. The van der Waals surface area contributed by atoms with Gasteiger partial charge in [-0.05, 0) is 0 Å². The third-order valence-corrected chi connectivity index (χ3v) is 2.39. The first-order valence-electron chi connectivity index (χ1n) is 5.26. The minimum atomic E-state index is -5.44. The number of halogens is 6. The van der Waals surface area contributed by atoms with Gasteiger partial charge >= 0.3 is 12.4 Å². The van der Waals surface area contributed by atoms with Gasteiger partial charge in [0.1, 0.15) is 0 Å². The van der Waals surface area contributed by atoms with Gasteiger partial charge in [-0.2, -0.15) is 26.3 Å². The molecule has 1 heterocycles. The average molecular weight is 281 g/mol. The lowest BCUT2D eigenvalue weighted by atomic mass is 10.3. The zero-order valence-electron chi connectivity index (χ0n) is 9.35. The van der Waals surface area contributed by atoms with Crippen LogP contribution < -0.4 is 0 Å². The molecule has 0 spiro atoms. The summed E-state index contributed by atoms with van der Waals surface area (Å²) in [6.45, 7) is 1.19. The van der Waals surface area contributed by atoms with Gasteiger partial charge in [-0.3, -0.25) is 4.90 Å². The summed E-state index contributed by atoms with van der Waals surface area (Å²) >= 11 is 0. The fourth-order valence-electron chi connectivity index (χ4n) is 1.50. The van der Waals surface area contributed by atoms with Crippen molar-refractivity contribution in [2.75, 3.05) is 39.5 Å². The Kier molecular flexibility index (Phi) is 5.23. The molecular weight excluding hydrogens is 268 g/mol. The van der Waals surface area contributed by atoms with Crippen molar-refractivity contribution in [3.8, 4) is 0 Å². The van der Waals surface area contributed by atoms with Gasteiger partial charge in [0.25, 0.3) is 0 Å². The first-order chi connectivity index (χ1) is 8.21. The third kappa shape index (κ3) is 4.99. The lowest BCUT2D eigenvalue weighted by Crippen LogP contribution is -2.46. The molecular formula is C9H13F6NO2. The second-order valence-corrected chi connectivity index (χ2v) is 3.79. The molecule has 0 bridgehead atoms. The fourth-order valence-corrected chi connectivity index (χ4v) is 1.50. The van der Waals surface area contributed by atoms with Crippen molar-refractivity contribution in [3.05, 3.63) is 0 Å². The van der Waals surface area contributed by atoms with Gasteiger partial charge in [0, 0.05) is 19.6 Å². The van der Waals surface area contributed by atoms with Crippen LogP contribution in [0.3, 0.4) is 0 Å². The Morgan fingerprint density at radius 1 is 1.00 bits per heavy atom. The van der Waals surface area contributed by atoms with E-state index in [4.69, 9.17) is 4.74 Å². The van der Waals surface area contributed by atoms with Crippen LogP contribution in [-0.4, -0.2) is 62.8 Å². The van der Waals surface area contributed by atoms with E-state index < -0.39 is 25.1 Å². The molecule has 0 amide bonds. The lowest BCUT2D eigenvalue weighted by Gasteiger charge is -2.28. The van der Waals surface area contributed by atoms with E-state index in [2.05, 4.69) is 4.74 Å². The summed E-state index contributed by atoms with van der Waals surface area (Å²) in [5.41, 5.74) is 0. The molecule has 1 aliphatic rings. The third-order valence-electron chi connectivity index (χ3n) is 2.39. The summed E-state index contributed by atoms with van der Waals surface area (Å²) in [4.78, 5) is 1.69. The maximum atomic E-state index is 12.1. The number of hydrogen-bond acceptors (Lipinski definition) is 3. The van der Waals surface area contributed by atoms with E-state index in [1.54, 1.807) is 4.90 Å². The number of alkyl halides is 6. The van der Waals surface area contributed by atoms with E-state index in [-0.39, 0.29) is 6.54 Å². The van der Waals surface area contributed by atoms with Gasteiger partial charge in [-0.25, -0.2) is 0 Å². The average Bonchev–Trinajstić information content (AvgIpc) is 2.22. The van der Waals surface area contributed by atoms with Crippen LogP contribution in [0.4, 0.5) is 26.3 Å². The van der Waals surface area contributed by atoms with Gasteiger partial charge in [-0.1, -0.05) is 0 Å². The molecule has 0 aromatic carbocycles. The Labute approximate surface area is 99.6 Å². The summed E-state index contributed by atoms with van der Waals surface area (Å²) in [5, 5.41) is 0. The highest BCUT2D eigenvalue weighted by molar-refractivity contribution is 4.76. The minimum Gasteiger partial charge on any atom is -0.379 e. The highest BCUT2D eigenvalue weighted by Gasteiger charge is 2.57. The highest BCUT2D eigenvalue weighted by Crippen LogP contribution is 2.35. The summed E-state index contributed by atoms with van der Waals surface area (Å²) in [7, 11) is 0. The van der Waals surface area contributed by atoms with E-state index in [0.717, 1.165) is 0 Å². The number of nitrogens with zero attached hydrogens (tertiary/aromatic N) is 1. The molecule has 0 unspecified atom stereocenters. The Bertz CT molecular complexity index is 234. The fraction of sp³-hybridized carbons (Fsp3) is 1.00. The van der Waals surface area contributed by atoms with Crippen molar-refractivity contribution >= 4 is 0 Å². The predicted molar refractivity (Wildman–Crippen MR) is 49.1 cm³/mol. The molecule has 1 rings (SSSR count). The molecule has 0 aromatic heterocycles. The summed E-state index contributed by atoms with van der Waals surface area (Å²) in [5.74, 6) is 0. The van der Waals surface area contributed by atoms with E-state index in [1.807, 2.05) is 0 Å². The number of morpholine rings is 1. The van der Waals surface area contributed by atoms with Crippen LogP contribution in [0.15, 0.2) is 0 Å². The van der Waals surface area contributed by atoms with Crippen molar-refractivity contribution in [1.82, 2.24) is 4.90 Å². The topological polar surface area (TPSA) is 21.7 Å². The zero-order chi connectivity index (χ0) is 13.8. The summed E-state index contributed by atoms with van der Waals surface area (Å²) in [6.07, 6.45) is -14.6. The quantitative estimate of drug-likeness (QED) is 0.734. The van der Waals surface area contributed by atoms with Crippen molar-refractivity contribution < 1.29 is 35.8 Å². The summed E-state index contributed by atoms with van der Waals surface area (Å²) in [6, 6.07) is 0. The van der Waals surface area contributed by atoms with Crippen molar-refractivity contribution in [1.29, 1.82) is 0 Å². The smallest absolute Gasteiger partial charge is 0.379 e. The molecule has 1 aliphatic heterocycles. The molecule has 108 valence electrons. The zero-order valence-corrected chi connectivity index (χ0v) is 9.35. The Hall–Kier alpha value is -0.540. The van der Waals surface area contributed by atoms with Crippen molar-refractivity contribution in [2.24, 2.45) is 0 Å². The van der Waals surface area contributed by atoms with Gasteiger partial charge in [-0.15, -0.1) is 0 Å². The molecule has 0 saturated carbocycles. The Balaban J connectivity index is 2.38. The standard InChI is InChI=1S/C9H13F6NO2/c10-8(11,12)7(9(13,14)15)18-6-3-16-1-4-17-5-2-16/h7H,1-6H2. The van der Waals surface area contributed by atoms with E-state index in [1.165, 1.54) is 0 Å². The minimum absolute atomic E-state index is 0.0199. The predicted octanol–water partition coefficient (Wildman–Crippen LogP) is 1.83. The maximum absolute atomic E-state index is 12.1. The Morgan fingerprint density at radius 2 is 1.50 bits per heavy atom. The monoisotopic (exact) mass is 281 g/mol. The van der Waals surface area contributed by atoms with Crippen LogP contribution in [0.2, 0.25) is 0 Å². The normalized spacial score (nSPS) is 19.5. The first-order valence-corrected chi connectivity index (χ1v) is 5.26. The first kappa shape index (κ1) is 15.5. The highest BCUT2D eigenvalue weighted by atomic mass is 19.4. The van der Waals surface area contributed by atoms with E-state index in [0.29, 0.717) is 26.3 Å². The van der Waals surface area contributed by atoms with Crippen molar-refractivity contribution in [2.45, 2.75) is 18.5 Å². The van der Waals surface area contributed by atoms with E-state index >= 15 is 0 Å². The van der Waals surface area contributed by atoms with Crippen LogP contribution in [0.1, 0.15) is 0 Å². The number of hydrogen-bond donors (Lipinski definition) is 0. The maximum Gasteiger partial charge on any atom is 0.423 e. The van der Waals surface area contributed by atoms with Gasteiger partial charge in [0.15, 0.2) is 0 Å². The molecule has 3 nitrogen and oxygen atoms in total.